The van der Waals surface area contributed by atoms with Crippen LogP contribution in [0.25, 0.3) is 10.8 Å². The molecule has 0 aromatic heterocycles. The van der Waals surface area contributed by atoms with Gasteiger partial charge in [-0.15, -0.1) is 0 Å². The van der Waals surface area contributed by atoms with Crippen molar-refractivity contribution in [2.45, 2.75) is 39.7 Å². The molecule has 1 atom stereocenters. The van der Waals surface area contributed by atoms with Crippen molar-refractivity contribution in [3.8, 4) is 5.75 Å². The van der Waals surface area contributed by atoms with E-state index in [2.05, 4.69) is 87.9 Å². The van der Waals surface area contributed by atoms with Crippen LogP contribution in [0.2, 0.25) is 0 Å². The van der Waals surface area contributed by atoms with Crippen molar-refractivity contribution in [2.75, 3.05) is 0 Å². The minimum Gasteiger partial charge on any atom is -0.485 e. The summed E-state index contributed by atoms with van der Waals surface area (Å²) in [4.78, 5) is 0. The Morgan fingerprint density at radius 1 is 0.917 bits per heavy atom. The first-order chi connectivity index (χ1) is 11.7. The van der Waals surface area contributed by atoms with Gasteiger partial charge in [0.15, 0.2) is 0 Å². The molecule has 3 aromatic rings. The molecule has 0 amide bonds. The van der Waals surface area contributed by atoms with E-state index in [9.17, 15) is 0 Å². The van der Waals surface area contributed by atoms with Gasteiger partial charge < -0.3 is 4.74 Å². The van der Waals surface area contributed by atoms with Crippen LogP contribution in [-0.2, 0) is 0 Å². The van der Waals surface area contributed by atoms with Gasteiger partial charge in [-0.25, -0.2) is 0 Å². The Balaban J connectivity index is 1.99. The lowest BCUT2D eigenvalue weighted by atomic mass is 9.96. The summed E-state index contributed by atoms with van der Waals surface area (Å²) in [5.74, 6) is 0.968. The average Bonchev–Trinajstić information content (AvgIpc) is 2.61. The summed E-state index contributed by atoms with van der Waals surface area (Å²) >= 11 is 0. The lowest BCUT2D eigenvalue weighted by Gasteiger charge is -2.23. The normalized spacial score (nSPS) is 12.3. The van der Waals surface area contributed by atoms with Crippen molar-refractivity contribution in [2.24, 2.45) is 0 Å². The van der Waals surface area contributed by atoms with Gasteiger partial charge in [0.2, 0.25) is 0 Å². The number of aryl methyl sites for hydroxylation is 1. The van der Waals surface area contributed by atoms with Gasteiger partial charge in [-0.2, -0.15) is 0 Å². The Kier molecular flexibility index (Phi) is 5.20. The Morgan fingerprint density at radius 3 is 2.50 bits per heavy atom. The van der Waals surface area contributed by atoms with Gasteiger partial charge in [-0.3, -0.25) is 0 Å². The van der Waals surface area contributed by atoms with Gasteiger partial charge in [-0.05, 0) is 61.3 Å². The first-order valence-corrected chi connectivity index (χ1v) is 8.69. The third kappa shape index (κ3) is 3.46. The number of rotatable bonds is 6. The van der Waals surface area contributed by atoms with Crippen LogP contribution >= 0.6 is 0 Å². The van der Waals surface area contributed by atoms with Crippen LogP contribution in [0, 0.1) is 20.3 Å². The Morgan fingerprint density at radius 2 is 1.67 bits per heavy atom. The lowest BCUT2D eigenvalue weighted by Crippen LogP contribution is -2.10. The molecule has 1 nitrogen and oxygen atoms in total. The van der Waals surface area contributed by atoms with Crippen molar-refractivity contribution >= 4 is 10.8 Å². The smallest absolute Gasteiger partial charge is 0.128 e. The van der Waals surface area contributed by atoms with E-state index < -0.39 is 0 Å². The third-order valence-corrected chi connectivity index (χ3v) is 4.73. The summed E-state index contributed by atoms with van der Waals surface area (Å²) in [5.41, 5.74) is 3.95. The number of fused-ring (bicyclic) bond motifs is 1. The fraction of sp³-hybridized carbons (Fsp3) is 0.261. The van der Waals surface area contributed by atoms with Crippen molar-refractivity contribution in [3.05, 3.63) is 83.8 Å². The summed E-state index contributed by atoms with van der Waals surface area (Å²) in [7, 11) is 0. The highest BCUT2D eigenvalue weighted by Crippen LogP contribution is 2.33. The number of ether oxygens (including phenoxy) is 1. The van der Waals surface area contributed by atoms with Crippen LogP contribution in [-0.4, -0.2) is 0 Å². The van der Waals surface area contributed by atoms with Gasteiger partial charge in [0, 0.05) is 5.39 Å². The topological polar surface area (TPSA) is 9.23 Å². The fourth-order valence-corrected chi connectivity index (χ4v) is 3.17. The number of benzene rings is 3. The van der Waals surface area contributed by atoms with E-state index in [0.29, 0.717) is 0 Å². The highest BCUT2D eigenvalue weighted by atomic mass is 16.5. The van der Waals surface area contributed by atoms with E-state index in [-0.39, 0.29) is 6.10 Å². The van der Waals surface area contributed by atoms with Crippen molar-refractivity contribution in [1.82, 2.24) is 0 Å². The van der Waals surface area contributed by atoms with Gasteiger partial charge in [0.25, 0.3) is 0 Å². The average molecular weight is 317 g/mol. The molecule has 1 heteroatoms. The Hall–Kier alpha value is -2.28. The van der Waals surface area contributed by atoms with Crippen LogP contribution in [0.4, 0.5) is 0 Å². The zero-order chi connectivity index (χ0) is 16.9. The van der Waals surface area contributed by atoms with E-state index in [0.717, 1.165) is 18.6 Å². The highest BCUT2D eigenvalue weighted by Gasteiger charge is 2.17. The zero-order valence-corrected chi connectivity index (χ0v) is 14.8. The molecule has 0 heterocycles. The summed E-state index contributed by atoms with van der Waals surface area (Å²) in [6, 6.07) is 21.2. The second-order valence-electron chi connectivity index (χ2n) is 6.36. The zero-order valence-electron chi connectivity index (χ0n) is 14.8. The molecular weight excluding hydrogens is 292 g/mol. The van der Waals surface area contributed by atoms with Crippen LogP contribution in [0.5, 0.6) is 5.75 Å². The summed E-state index contributed by atoms with van der Waals surface area (Å²) in [5, 5.41) is 2.40. The first-order valence-electron chi connectivity index (χ1n) is 8.69. The van der Waals surface area contributed by atoms with Crippen LogP contribution in [0.3, 0.4) is 0 Å². The molecule has 0 N–H and O–H groups in total. The molecule has 1 radical (unpaired) electrons. The predicted molar refractivity (Wildman–Crippen MR) is 102 cm³/mol. The second-order valence-corrected chi connectivity index (χ2v) is 6.36. The van der Waals surface area contributed by atoms with E-state index in [1.807, 2.05) is 0 Å². The van der Waals surface area contributed by atoms with Gasteiger partial charge in [0.05, 0.1) is 0 Å². The van der Waals surface area contributed by atoms with Crippen molar-refractivity contribution in [1.29, 1.82) is 0 Å². The molecule has 3 rings (SSSR count). The maximum Gasteiger partial charge on any atom is 0.128 e. The first kappa shape index (κ1) is 16.6. The van der Waals surface area contributed by atoms with Crippen LogP contribution in [0.1, 0.15) is 42.6 Å². The van der Waals surface area contributed by atoms with E-state index in [1.165, 1.54) is 27.5 Å². The largest absolute Gasteiger partial charge is 0.485 e. The molecule has 0 aliphatic heterocycles. The molecule has 1 unspecified atom stereocenters. The number of unbranched alkanes of at least 4 members (excludes halogenated alkanes) is 1. The molecule has 0 bridgehead atoms. The Labute approximate surface area is 145 Å². The predicted octanol–water partition coefficient (Wildman–Crippen LogP) is 6.58. The quantitative estimate of drug-likeness (QED) is 0.499. The second kappa shape index (κ2) is 7.53. The molecule has 0 spiro atoms. The molecule has 0 aliphatic carbocycles. The van der Waals surface area contributed by atoms with E-state index >= 15 is 0 Å². The SMILES string of the molecule is C[CH]CCC(Oc1cccc2ccccc12)c1cccc(C)c1C. The standard InChI is InChI=1S/C23H25O/c1-4-5-15-22(20-14-8-10-17(2)18(20)3)24-23-16-9-12-19-11-6-7-13-21(19)23/h4,6-14,16,22H,5,15H2,1-3H3. The summed E-state index contributed by atoms with van der Waals surface area (Å²) < 4.78 is 6.53. The highest BCUT2D eigenvalue weighted by molar-refractivity contribution is 5.88. The molecule has 123 valence electrons. The number of hydrogen-bond donors (Lipinski definition) is 0. The molecule has 0 aliphatic rings. The summed E-state index contributed by atoms with van der Waals surface area (Å²) in [6.07, 6.45) is 4.32. The molecule has 0 saturated carbocycles. The maximum absolute atomic E-state index is 6.53. The molecule has 0 saturated heterocycles. The third-order valence-electron chi connectivity index (χ3n) is 4.73. The molecule has 3 aromatic carbocycles. The fourth-order valence-electron chi connectivity index (χ4n) is 3.17. The minimum atomic E-state index is 0.0758. The minimum absolute atomic E-state index is 0.0758. The monoisotopic (exact) mass is 317 g/mol. The van der Waals surface area contributed by atoms with Crippen molar-refractivity contribution < 1.29 is 4.74 Å². The lowest BCUT2D eigenvalue weighted by molar-refractivity contribution is 0.196. The van der Waals surface area contributed by atoms with E-state index in [4.69, 9.17) is 4.74 Å². The maximum atomic E-state index is 6.53. The van der Waals surface area contributed by atoms with Gasteiger partial charge in [0.1, 0.15) is 11.9 Å². The van der Waals surface area contributed by atoms with Gasteiger partial charge >= 0.3 is 0 Å². The number of hydrogen-bond acceptors (Lipinski definition) is 1. The van der Waals surface area contributed by atoms with E-state index in [1.54, 1.807) is 0 Å². The van der Waals surface area contributed by atoms with Crippen molar-refractivity contribution in [3.63, 3.8) is 0 Å². The Bertz CT molecular complexity index is 814. The van der Waals surface area contributed by atoms with Gasteiger partial charge in [-0.1, -0.05) is 61.5 Å². The van der Waals surface area contributed by atoms with Crippen LogP contribution in [0.15, 0.2) is 60.7 Å². The van der Waals surface area contributed by atoms with Crippen LogP contribution < -0.4 is 4.74 Å². The summed E-state index contributed by atoms with van der Waals surface area (Å²) in [6.45, 7) is 6.47. The molecular formula is C23H25O. The molecule has 24 heavy (non-hydrogen) atoms. The molecule has 0 fully saturated rings.